The lowest BCUT2D eigenvalue weighted by atomic mass is 10.2. The molecule has 0 aliphatic heterocycles. The van der Waals surface area contributed by atoms with Crippen molar-refractivity contribution in [3.05, 3.63) is 36.5 Å². The number of ether oxygens (including phenoxy) is 1. The number of hydrogen-bond acceptors (Lipinski definition) is 6. The zero-order valence-electron chi connectivity index (χ0n) is 16.5. The summed E-state index contributed by atoms with van der Waals surface area (Å²) in [6.07, 6.45) is 0.908. The minimum absolute atomic E-state index is 0.332. The molecule has 8 nitrogen and oxygen atoms in total. The summed E-state index contributed by atoms with van der Waals surface area (Å²) >= 11 is 0. The van der Waals surface area contributed by atoms with Crippen LogP contribution >= 0.6 is 0 Å². The summed E-state index contributed by atoms with van der Waals surface area (Å²) in [5.74, 6) is 1.88. The van der Waals surface area contributed by atoms with Crippen LogP contribution in [-0.2, 0) is 0 Å². The molecule has 0 aliphatic rings. The van der Waals surface area contributed by atoms with Crippen LogP contribution in [0.1, 0.15) is 13.8 Å². The number of nitrogens with two attached hydrogens (primary N) is 1. The second-order valence-corrected chi connectivity index (χ2v) is 6.51. The molecule has 1 aromatic carbocycles. The summed E-state index contributed by atoms with van der Waals surface area (Å²) in [6.45, 7) is 8.27. The molecule has 0 saturated carbocycles. The number of benzene rings is 1. The van der Waals surface area contributed by atoms with E-state index in [2.05, 4.69) is 38.6 Å². The zero-order chi connectivity index (χ0) is 20.1. The van der Waals surface area contributed by atoms with Gasteiger partial charge in [-0.25, -0.2) is 14.8 Å². The second kappa shape index (κ2) is 8.71. The van der Waals surface area contributed by atoms with Crippen LogP contribution in [0.25, 0.3) is 22.4 Å². The number of pyridine rings is 1. The third-order valence-electron chi connectivity index (χ3n) is 4.74. The molecule has 3 N–H and O–H groups in total. The third kappa shape index (κ3) is 4.40. The topological polar surface area (TPSA) is 100 Å². The number of nitrogens with one attached hydrogen (secondary N) is 1. The molecule has 0 fully saturated rings. The summed E-state index contributed by atoms with van der Waals surface area (Å²) in [5.41, 5.74) is 7.37. The fourth-order valence-electron chi connectivity index (χ4n) is 3.05. The minimum Gasteiger partial charge on any atom is -0.408 e. The molecule has 28 heavy (non-hydrogen) atoms. The maximum absolute atomic E-state index is 11.1. The highest BCUT2D eigenvalue weighted by Crippen LogP contribution is 2.28. The van der Waals surface area contributed by atoms with Crippen LogP contribution in [0.4, 0.5) is 10.6 Å². The Hall–Kier alpha value is -3.13. The normalized spacial score (nSPS) is 11.1. The number of nitrogens with zero attached hydrogens (tertiary/aromatic N) is 4. The smallest absolute Gasteiger partial charge is 0.408 e. The Kier molecular flexibility index (Phi) is 6.10. The lowest BCUT2D eigenvalue weighted by Crippen LogP contribution is -2.33. The monoisotopic (exact) mass is 382 g/mol. The van der Waals surface area contributed by atoms with Gasteiger partial charge in [0.2, 0.25) is 0 Å². The number of likely N-dealkylation sites (N-methyl/N-ethyl adjacent to an activating group) is 2. The molecular formula is C20H26N6O2. The van der Waals surface area contributed by atoms with Gasteiger partial charge < -0.3 is 25.3 Å². The van der Waals surface area contributed by atoms with Gasteiger partial charge in [-0.1, -0.05) is 19.9 Å². The standard InChI is InChI=1S/C20H26N6O2/c1-4-26(5-2)12-11-25(3)17-13-14(9-10-22-17)19-23-15-7-6-8-16(18(15)24-19)28-20(21)27/h6-10,13H,4-5,11-12H2,1-3H3,(H2,21,27)(H,23,24). The number of para-hydroxylation sites is 1. The summed E-state index contributed by atoms with van der Waals surface area (Å²) in [7, 11) is 2.03. The Bertz CT molecular complexity index is 951. The molecule has 8 heteroatoms. The number of amides is 1. The van der Waals surface area contributed by atoms with Gasteiger partial charge in [0.1, 0.15) is 17.2 Å². The Morgan fingerprint density at radius 3 is 2.71 bits per heavy atom. The van der Waals surface area contributed by atoms with E-state index in [-0.39, 0.29) is 0 Å². The average molecular weight is 382 g/mol. The maximum atomic E-state index is 11.1. The van der Waals surface area contributed by atoms with Crippen molar-refractivity contribution < 1.29 is 9.53 Å². The van der Waals surface area contributed by atoms with Crippen LogP contribution in [0.2, 0.25) is 0 Å². The predicted molar refractivity (Wildman–Crippen MR) is 111 cm³/mol. The van der Waals surface area contributed by atoms with Crippen LogP contribution in [0.3, 0.4) is 0 Å². The highest BCUT2D eigenvalue weighted by molar-refractivity contribution is 5.87. The van der Waals surface area contributed by atoms with E-state index in [4.69, 9.17) is 10.5 Å². The van der Waals surface area contributed by atoms with Gasteiger partial charge in [0.05, 0.1) is 5.52 Å². The average Bonchev–Trinajstić information content (AvgIpc) is 3.14. The Labute approximate surface area is 164 Å². The number of rotatable bonds is 8. The zero-order valence-corrected chi connectivity index (χ0v) is 16.5. The van der Waals surface area contributed by atoms with Gasteiger partial charge in [-0.15, -0.1) is 0 Å². The number of anilines is 1. The number of hydrogen-bond donors (Lipinski definition) is 2. The van der Waals surface area contributed by atoms with Crippen LogP contribution in [0.5, 0.6) is 5.75 Å². The lowest BCUT2D eigenvalue weighted by Gasteiger charge is -2.24. The van der Waals surface area contributed by atoms with Crippen molar-refractivity contribution in [3.63, 3.8) is 0 Å². The number of aromatic nitrogens is 3. The van der Waals surface area contributed by atoms with Crippen LogP contribution in [-0.4, -0.2) is 59.2 Å². The van der Waals surface area contributed by atoms with Gasteiger partial charge >= 0.3 is 6.09 Å². The maximum Gasteiger partial charge on any atom is 0.410 e. The molecule has 0 bridgehead atoms. The van der Waals surface area contributed by atoms with E-state index in [0.29, 0.717) is 17.1 Å². The quantitative estimate of drug-likeness (QED) is 0.621. The molecule has 3 rings (SSSR count). The highest BCUT2D eigenvalue weighted by atomic mass is 16.5. The fourth-order valence-corrected chi connectivity index (χ4v) is 3.05. The number of imidazole rings is 1. The van der Waals surface area contributed by atoms with Crippen molar-refractivity contribution in [2.24, 2.45) is 5.73 Å². The van der Waals surface area contributed by atoms with Crippen molar-refractivity contribution in [2.75, 3.05) is 38.1 Å². The molecule has 0 spiro atoms. The molecule has 2 aromatic heterocycles. The highest BCUT2D eigenvalue weighted by Gasteiger charge is 2.13. The first kappa shape index (κ1) is 19.6. The molecule has 3 aromatic rings. The van der Waals surface area contributed by atoms with E-state index in [1.807, 2.05) is 25.2 Å². The molecule has 1 amide bonds. The Morgan fingerprint density at radius 2 is 2.00 bits per heavy atom. The van der Waals surface area contributed by atoms with Crippen molar-refractivity contribution in [1.82, 2.24) is 19.9 Å². The minimum atomic E-state index is -0.863. The first-order chi connectivity index (χ1) is 13.5. The van der Waals surface area contributed by atoms with Gasteiger partial charge in [-0.2, -0.15) is 0 Å². The van der Waals surface area contributed by atoms with E-state index in [1.54, 1.807) is 18.3 Å². The van der Waals surface area contributed by atoms with Crippen molar-refractivity contribution in [1.29, 1.82) is 0 Å². The van der Waals surface area contributed by atoms with Crippen molar-refractivity contribution in [3.8, 4) is 17.1 Å². The van der Waals surface area contributed by atoms with E-state index >= 15 is 0 Å². The van der Waals surface area contributed by atoms with Gasteiger partial charge in [-0.05, 0) is 37.4 Å². The van der Waals surface area contributed by atoms with Crippen LogP contribution in [0, 0.1) is 0 Å². The van der Waals surface area contributed by atoms with Crippen molar-refractivity contribution in [2.45, 2.75) is 13.8 Å². The van der Waals surface area contributed by atoms with E-state index < -0.39 is 6.09 Å². The number of aromatic amines is 1. The van der Waals surface area contributed by atoms with Gasteiger partial charge in [-0.3, -0.25) is 0 Å². The molecular weight excluding hydrogens is 356 g/mol. The van der Waals surface area contributed by atoms with E-state index in [1.165, 1.54) is 0 Å². The number of fused-ring (bicyclic) bond motifs is 1. The van der Waals surface area contributed by atoms with Gasteiger partial charge in [0.25, 0.3) is 0 Å². The fraction of sp³-hybridized carbons (Fsp3) is 0.350. The van der Waals surface area contributed by atoms with Gasteiger partial charge in [0, 0.05) is 31.9 Å². The number of carbonyl (C=O) groups is 1. The van der Waals surface area contributed by atoms with Crippen molar-refractivity contribution >= 4 is 22.9 Å². The Morgan fingerprint density at radius 1 is 1.21 bits per heavy atom. The summed E-state index contributed by atoms with van der Waals surface area (Å²) in [6, 6.07) is 9.21. The Balaban J connectivity index is 1.84. The van der Waals surface area contributed by atoms with Gasteiger partial charge in [0.15, 0.2) is 5.75 Å². The molecule has 0 atom stereocenters. The predicted octanol–water partition coefficient (Wildman–Crippen LogP) is 2.86. The second-order valence-electron chi connectivity index (χ2n) is 6.51. The summed E-state index contributed by atoms with van der Waals surface area (Å²) in [5, 5.41) is 0. The van der Waals surface area contributed by atoms with E-state index in [0.717, 1.165) is 43.1 Å². The lowest BCUT2D eigenvalue weighted by molar-refractivity contribution is 0.211. The van der Waals surface area contributed by atoms with Crippen LogP contribution < -0.4 is 15.4 Å². The molecule has 148 valence electrons. The molecule has 2 heterocycles. The summed E-state index contributed by atoms with van der Waals surface area (Å²) in [4.78, 5) is 28.0. The molecule has 0 aliphatic carbocycles. The SMILES string of the molecule is CCN(CC)CCN(C)c1cc(-c2nc3c(OC(N)=O)cccc3[nH]2)ccn1. The van der Waals surface area contributed by atoms with Crippen LogP contribution in [0.15, 0.2) is 36.5 Å². The molecule has 0 radical (unpaired) electrons. The molecule has 0 unspecified atom stereocenters. The molecule has 0 saturated heterocycles. The van der Waals surface area contributed by atoms with E-state index in [9.17, 15) is 4.79 Å². The number of H-pyrrole nitrogens is 1. The number of primary amides is 1. The summed E-state index contributed by atoms with van der Waals surface area (Å²) < 4.78 is 5.05. The largest absolute Gasteiger partial charge is 0.410 e. The number of carbonyl (C=O) groups excluding carboxylic acids is 1. The third-order valence-corrected chi connectivity index (χ3v) is 4.74. The first-order valence-corrected chi connectivity index (χ1v) is 9.37. The first-order valence-electron chi connectivity index (χ1n) is 9.37.